The number of hydrogen-bond acceptors (Lipinski definition) is 5. The Bertz CT molecular complexity index is 1550. The number of nitrogens with one attached hydrogen (secondary N) is 1. The smallest absolute Gasteiger partial charge is 0.258 e. The molecule has 6 aromatic rings. The van der Waals surface area contributed by atoms with Crippen molar-refractivity contribution in [3.63, 3.8) is 0 Å². The largest absolute Gasteiger partial charge is 0.334 e. The quantitative estimate of drug-likeness (QED) is 0.280. The maximum Gasteiger partial charge on any atom is 0.258 e. The number of benzene rings is 2. The second-order valence-corrected chi connectivity index (χ2v) is 7.24. The highest BCUT2D eigenvalue weighted by molar-refractivity contribution is 5.86. The van der Waals surface area contributed by atoms with Gasteiger partial charge in [-0.15, -0.1) is 37.2 Å². The highest BCUT2D eigenvalue weighted by Gasteiger charge is 2.16. The van der Waals surface area contributed by atoms with Crippen molar-refractivity contribution in [3.05, 3.63) is 91.1 Å². The van der Waals surface area contributed by atoms with E-state index >= 15 is 0 Å². The van der Waals surface area contributed by atoms with Crippen LogP contribution in [0.15, 0.2) is 89.8 Å². The van der Waals surface area contributed by atoms with Crippen molar-refractivity contribution in [2.75, 3.05) is 0 Å². The number of H-pyrrole nitrogens is 1. The lowest BCUT2D eigenvalue weighted by atomic mass is 10.0. The van der Waals surface area contributed by atoms with E-state index in [4.69, 9.17) is 4.52 Å². The molecule has 0 saturated carbocycles. The van der Waals surface area contributed by atoms with E-state index in [9.17, 15) is 4.39 Å². The van der Waals surface area contributed by atoms with Gasteiger partial charge in [-0.2, -0.15) is 10.1 Å². The summed E-state index contributed by atoms with van der Waals surface area (Å²) >= 11 is 0. The van der Waals surface area contributed by atoms with Gasteiger partial charge in [0, 0.05) is 28.5 Å². The molecule has 0 saturated heterocycles. The van der Waals surface area contributed by atoms with Crippen molar-refractivity contribution in [1.29, 1.82) is 0 Å². The monoisotopic (exact) mass is 530 g/mol. The van der Waals surface area contributed by atoms with Crippen molar-refractivity contribution in [2.45, 2.75) is 0 Å². The van der Waals surface area contributed by atoms with Gasteiger partial charge in [0.25, 0.3) is 5.89 Å². The summed E-state index contributed by atoms with van der Waals surface area (Å²) in [7, 11) is 0. The van der Waals surface area contributed by atoms with Gasteiger partial charge >= 0.3 is 0 Å². The fourth-order valence-corrected chi connectivity index (χ4v) is 3.67. The summed E-state index contributed by atoms with van der Waals surface area (Å²) in [5.74, 6) is 0.605. The Morgan fingerprint density at radius 1 is 0.800 bits per heavy atom. The number of pyridine rings is 1. The molecule has 2 aromatic carbocycles. The van der Waals surface area contributed by atoms with Crippen LogP contribution in [0.25, 0.3) is 51.0 Å². The van der Waals surface area contributed by atoms with E-state index < -0.39 is 0 Å². The molecule has 178 valence electrons. The van der Waals surface area contributed by atoms with Gasteiger partial charge in [0.05, 0.1) is 18.1 Å². The van der Waals surface area contributed by atoms with Gasteiger partial charge in [0.15, 0.2) is 0 Å². The summed E-state index contributed by atoms with van der Waals surface area (Å²) < 4.78 is 20.7. The Morgan fingerprint density at radius 3 is 2.31 bits per heavy atom. The molecule has 0 aliphatic rings. The summed E-state index contributed by atoms with van der Waals surface area (Å²) in [5.41, 5.74) is 5.75. The Labute approximate surface area is 217 Å². The minimum atomic E-state index is -0.283. The number of imidazole rings is 1. The molecule has 0 bridgehead atoms. The van der Waals surface area contributed by atoms with Crippen LogP contribution in [-0.2, 0) is 0 Å². The van der Waals surface area contributed by atoms with Gasteiger partial charge in [0.2, 0.25) is 5.82 Å². The molecule has 6 rings (SSSR count). The van der Waals surface area contributed by atoms with Crippen LogP contribution in [-0.4, -0.2) is 29.7 Å². The zero-order valence-corrected chi connectivity index (χ0v) is 20.3. The summed E-state index contributed by atoms with van der Waals surface area (Å²) in [6, 6.07) is 19.8. The average molecular weight is 532 g/mol. The molecule has 11 heteroatoms. The number of halogens is 4. The minimum absolute atomic E-state index is 0. The van der Waals surface area contributed by atoms with Gasteiger partial charge in [-0.05, 0) is 48.5 Å². The van der Waals surface area contributed by atoms with Crippen LogP contribution in [0.3, 0.4) is 0 Å². The van der Waals surface area contributed by atoms with Crippen molar-refractivity contribution in [1.82, 2.24) is 29.7 Å². The van der Waals surface area contributed by atoms with Crippen LogP contribution in [0.1, 0.15) is 0 Å². The normalized spacial score (nSPS) is 10.3. The molecule has 4 aromatic heterocycles. The molecule has 0 spiro atoms. The maximum atomic E-state index is 13.4. The second-order valence-electron chi connectivity index (χ2n) is 7.24. The lowest BCUT2D eigenvalue weighted by molar-refractivity contribution is 0.432. The van der Waals surface area contributed by atoms with Gasteiger partial charge in [0.1, 0.15) is 17.2 Å². The van der Waals surface area contributed by atoms with E-state index in [1.54, 1.807) is 24.5 Å². The molecule has 0 fully saturated rings. The Morgan fingerprint density at radius 2 is 1.54 bits per heavy atom. The number of aromatic nitrogens is 6. The number of hydrogen-bond donors (Lipinski definition) is 1. The molecule has 7 nitrogen and oxygen atoms in total. The molecular formula is C24H18Cl3FN6O. The SMILES string of the molecule is Cl.Cl.Cl.Fc1ccc(-c2[nH]ncc2-c2ccc3ncc(-c4noc(-c5ccccc5)n4)n3c2)cc1. The van der Waals surface area contributed by atoms with Crippen LogP contribution < -0.4 is 0 Å². The van der Waals surface area contributed by atoms with Gasteiger partial charge in [-0.25, -0.2) is 9.37 Å². The minimum Gasteiger partial charge on any atom is -0.334 e. The molecule has 0 aliphatic heterocycles. The predicted octanol–water partition coefficient (Wildman–Crippen LogP) is 6.51. The summed E-state index contributed by atoms with van der Waals surface area (Å²) in [6.07, 6.45) is 5.42. The lowest BCUT2D eigenvalue weighted by Gasteiger charge is -2.06. The second kappa shape index (κ2) is 10.7. The number of nitrogens with zero attached hydrogens (tertiary/aromatic N) is 5. The first-order chi connectivity index (χ1) is 15.8. The Kier molecular flexibility index (Phi) is 7.91. The zero-order valence-electron chi connectivity index (χ0n) is 17.8. The van der Waals surface area contributed by atoms with Crippen molar-refractivity contribution in [3.8, 4) is 45.4 Å². The summed E-state index contributed by atoms with van der Waals surface area (Å²) in [5, 5.41) is 11.4. The molecule has 0 unspecified atom stereocenters. The standard InChI is InChI=1S/C24H15FN6O.3ClH/c25-18-9-6-15(7-10-18)22-19(12-27-29-22)17-8-11-21-26-13-20(31(21)14-17)23-28-24(32-30-23)16-4-2-1-3-5-16;;;/h1-14H,(H,27,29);3*1H. The van der Waals surface area contributed by atoms with Crippen molar-refractivity contribution < 1.29 is 8.91 Å². The Hall–Kier alpha value is -3.72. The lowest BCUT2D eigenvalue weighted by Crippen LogP contribution is -1.92. The van der Waals surface area contributed by atoms with Crippen LogP contribution in [0, 0.1) is 5.82 Å². The third kappa shape index (κ3) is 4.77. The first-order valence-electron chi connectivity index (χ1n) is 9.92. The van der Waals surface area contributed by atoms with E-state index in [2.05, 4.69) is 25.3 Å². The highest BCUT2D eigenvalue weighted by Crippen LogP contribution is 2.31. The summed E-state index contributed by atoms with van der Waals surface area (Å²) in [4.78, 5) is 9.01. The first-order valence-corrected chi connectivity index (χ1v) is 9.92. The topological polar surface area (TPSA) is 84.9 Å². The van der Waals surface area contributed by atoms with E-state index in [1.165, 1.54) is 12.1 Å². The van der Waals surface area contributed by atoms with Gasteiger partial charge in [-0.1, -0.05) is 23.4 Å². The fraction of sp³-hybridized carbons (Fsp3) is 0. The maximum absolute atomic E-state index is 13.4. The van der Waals surface area contributed by atoms with Gasteiger partial charge < -0.3 is 4.52 Å². The molecule has 0 radical (unpaired) electrons. The first kappa shape index (κ1) is 25.9. The molecule has 0 amide bonds. The van der Waals surface area contributed by atoms with E-state index in [0.29, 0.717) is 17.4 Å². The van der Waals surface area contributed by atoms with Gasteiger partial charge in [-0.3, -0.25) is 9.50 Å². The molecule has 0 aliphatic carbocycles. The Balaban J connectivity index is 0.00000114. The molecule has 0 atom stereocenters. The third-order valence-corrected chi connectivity index (χ3v) is 5.26. The van der Waals surface area contributed by atoms with E-state index in [0.717, 1.165) is 33.6 Å². The molecule has 4 heterocycles. The van der Waals surface area contributed by atoms with Crippen LogP contribution in [0.5, 0.6) is 0 Å². The zero-order chi connectivity index (χ0) is 21.5. The predicted molar refractivity (Wildman–Crippen MR) is 139 cm³/mol. The van der Waals surface area contributed by atoms with Crippen LogP contribution in [0.4, 0.5) is 4.39 Å². The third-order valence-electron chi connectivity index (χ3n) is 5.26. The highest BCUT2D eigenvalue weighted by atomic mass is 35.5. The molecule has 1 N–H and O–H groups in total. The fourth-order valence-electron chi connectivity index (χ4n) is 3.67. The molecule has 35 heavy (non-hydrogen) atoms. The van der Waals surface area contributed by atoms with E-state index in [1.807, 2.05) is 53.1 Å². The number of fused-ring (bicyclic) bond motifs is 1. The summed E-state index contributed by atoms with van der Waals surface area (Å²) in [6.45, 7) is 0. The molecular weight excluding hydrogens is 514 g/mol. The van der Waals surface area contributed by atoms with Crippen LogP contribution in [0.2, 0.25) is 0 Å². The van der Waals surface area contributed by atoms with Crippen molar-refractivity contribution in [2.24, 2.45) is 0 Å². The number of aromatic amines is 1. The average Bonchev–Trinajstić information content (AvgIpc) is 3.58. The number of rotatable bonds is 4. The van der Waals surface area contributed by atoms with Crippen molar-refractivity contribution >= 4 is 42.9 Å². The van der Waals surface area contributed by atoms with Crippen LogP contribution >= 0.6 is 37.2 Å². The van der Waals surface area contributed by atoms with E-state index in [-0.39, 0.29) is 43.0 Å².